The largest absolute Gasteiger partial charge is 0.504 e. The third-order valence-electron chi connectivity index (χ3n) is 3.97. The van der Waals surface area contributed by atoms with Gasteiger partial charge in [-0.15, -0.1) is 0 Å². The first-order valence-corrected chi connectivity index (χ1v) is 9.35. The van der Waals surface area contributed by atoms with E-state index in [2.05, 4.69) is 10.3 Å². The standard InChI is InChI=1S/C16H14F5N3O4S/c1-6(16(26)23-15-8(25)4-3-5-22-15)7(2)24-29(27,28)14-12(20)10(18)9(17)11(19)13(14)21/h3-7,24-25H,1-2H3,(H,22,23,26). The zero-order valence-electron chi connectivity index (χ0n) is 14.8. The number of pyridine rings is 1. The fraction of sp³-hybridized carbons (Fsp3) is 0.250. The van der Waals surface area contributed by atoms with E-state index < -0.39 is 61.9 Å². The summed E-state index contributed by atoms with van der Waals surface area (Å²) in [7, 11) is -5.23. The molecule has 2 aromatic rings. The molecule has 2 rings (SSSR count). The van der Waals surface area contributed by atoms with E-state index in [1.807, 2.05) is 0 Å². The van der Waals surface area contributed by atoms with E-state index in [0.29, 0.717) is 0 Å². The first kappa shape index (κ1) is 22.5. The second-order valence-corrected chi connectivity index (χ2v) is 7.61. The minimum atomic E-state index is -5.23. The van der Waals surface area contributed by atoms with Crippen molar-refractivity contribution in [1.29, 1.82) is 0 Å². The quantitative estimate of drug-likeness (QED) is 0.364. The molecular formula is C16H14F5N3O4S. The fourth-order valence-corrected chi connectivity index (χ4v) is 3.64. The van der Waals surface area contributed by atoms with E-state index >= 15 is 0 Å². The summed E-state index contributed by atoms with van der Waals surface area (Å²) >= 11 is 0. The van der Waals surface area contributed by atoms with Gasteiger partial charge in [-0.1, -0.05) is 6.92 Å². The number of hydrogen-bond acceptors (Lipinski definition) is 5. The lowest BCUT2D eigenvalue weighted by Gasteiger charge is -2.21. The highest BCUT2D eigenvalue weighted by molar-refractivity contribution is 7.89. The second-order valence-electron chi connectivity index (χ2n) is 5.96. The summed E-state index contributed by atoms with van der Waals surface area (Å²) in [6.45, 7) is 2.35. The molecule has 7 nitrogen and oxygen atoms in total. The monoisotopic (exact) mass is 439 g/mol. The molecule has 0 aliphatic heterocycles. The summed E-state index contributed by atoms with van der Waals surface area (Å²) < 4.78 is 93.4. The average molecular weight is 439 g/mol. The van der Waals surface area contributed by atoms with E-state index in [-0.39, 0.29) is 11.6 Å². The number of hydrogen-bond donors (Lipinski definition) is 3. The summed E-state index contributed by atoms with van der Waals surface area (Å²) in [5.41, 5.74) is 0. The molecule has 29 heavy (non-hydrogen) atoms. The van der Waals surface area contributed by atoms with Crippen molar-refractivity contribution in [1.82, 2.24) is 9.71 Å². The Kier molecular flexibility index (Phi) is 6.43. The van der Waals surface area contributed by atoms with Crippen LogP contribution < -0.4 is 10.0 Å². The maximum atomic E-state index is 13.8. The predicted molar refractivity (Wildman–Crippen MR) is 89.7 cm³/mol. The van der Waals surface area contributed by atoms with Crippen LogP contribution in [0.15, 0.2) is 23.2 Å². The maximum Gasteiger partial charge on any atom is 0.246 e. The Morgan fingerprint density at radius 3 is 2.07 bits per heavy atom. The molecule has 1 heterocycles. The predicted octanol–water partition coefficient (Wildman–Crippen LogP) is 2.42. The van der Waals surface area contributed by atoms with E-state index in [9.17, 15) is 40.3 Å². The van der Waals surface area contributed by atoms with Gasteiger partial charge in [-0.05, 0) is 19.1 Å². The molecule has 1 aromatic carbocycles. The number of sulfonamides is 1. The van der Waals surface area contributed by atoms with Crippen LogP contribution in [0.4, 0.5) is 27.8 Å². The summed E-state index contributed by atoms with van der Waals surface area (Å²) in [6, 6.07) is 1.26. The Balaban J connectivity index is 2.27. The number of aromatic nitrogens is 1. The van der Waals surface area contributed by atoms with Crippen LogP contribution in [0.2, 0.25) is 0 Å². The van der Waals surface area contributed by atoms with Crippen molar-refractivity contribution in [2.24, 2.45) is 5.92 Å². The lowest BCUT2D eigenvalue weighted by atomic mass is 10.0. The third-order valence-corrected chi connectivity index (χ3v) is 5.55. The number of amides is 1. The van der Waals surface area contributed by atoms with Gasteiger partial charge in [0, 0.05) is 12.2 Å². The average Bonchev–Trinajstić information content (AvgIpc) is 2.65. The normalized spacial score (nSPS) is 13.8. The number of aromatic hydroxyl groups is 1. The number of carbonyl (C=O) groups excluding carboxylic acids is 1. The van der Waals surface area contributed by atoms with Gasteiger partial charge < -0.3 is 10.4 Å². The van der Waals surface area contributed by atoms with Crippen molar-refractivity contribution in [2.45, 2.75) is 24.8 Å². The van der Waals surface area contributed by atoms with Crippen LogP contribution in [0.25, 0.3) is 0 Å². The number of benzene rings is 1. The first-order valence-electron chi connectivity index (χ1n) is 7.87. The van der Waals surface area contributed by atoms with Gasteiger partial charge in [0.1, 0.15) is 0 Å². The smallest absolute Gasteiger partial charge is 0.246 e. The molecule has 0 radical (unpaired) electrons. The van der Waals surface area contributed by atoms with Crippen LogP contribution in [0.1, 0.15) is 13.8 Å². The number of nitrogens with zero attached hydrogens (tertiary/aromatic N) is 1. The summed E-state index contributed by atoms with van der Waals surface area (Å²) in [5.74, 6) is -15.1. The van der Waals surface area contributed by atoms with Crippen molar-refractivity contribution in [2.75, 3.05) is 5.32 Å². The lowest BCUT2D eigenvalue weighted by molar-refractivity contribution is -0.119. The van der Waals surface area contributed by atoms with Gasteiger partial charge in [-0.2, -0.15) is 0 Å². The molecule has 0 aliphatic rings. The number of carbonyl (C=O) groups is 1. The Labute approximate surface area is 161 Å². The van der Waals surface area contributed by atoms with Gasteiger partial charge >= 0.3 is 0 Å². The number of anilines is 1. The molecule has 0 saturated carbocycles. The van der Waals surface area contributed by atoms with Crippen molar-refractivity contribution < 1.29 is 40.3 Å². The summed E-state index contributed by atoms with van der Waals surface area (Å²) in [4.78, 5) is 13.8. The minimum Gasteiger partial charge on any atom is -0.504 e. The Morgan fingerprint density at radius 2 is 1.55 bits per heavy atom. The topological polar surface area (TPSA) is 108 Å². The molecule has 2 atom stereocenters. The molecule has 2 unspecified atom stereocenters. The highest BCUT2D eigenvalue weighted by Gasteiger charge is 2.35. The molecule has 13 heteroatoms. The van der Waals surface area contributed by atoms with Crippen molar-refractivity contribution in [3.05, 3.63) is 47.4 Å². The molecular weight excluding hydrogens is 425 g/mol. The number of halogens is 5. The Morgan fingerprint density at radius 1 is 1.03 bits per heavy atom. The van der Waals surface area contributed by atoms with E-state index in [1.165, 1.54) is 25.3 Å². The van der Waals surface area contributed by atoms with Crippen LogP contribution in [0, 0.1) is 35.0 Å². The lowest BCUT2D eigenvalue weighted by Crippen LogP contribution is -2.42. The van der Waals surface area contributed by atoms with E-state index in [1.54, 1.807) is 4.72 Å². The highest BCUT2D eigenvalue weighted by atomic mass is 32.2. The maximum absolute atomic E-state index is 13.8. The van der Waals surface area contributed by atoms with Crippen LogP contribution in [0.3, 0.4) is 0 Å². The van der Waals surface area contributed by atoms with Gasteiger partial charge in [-0.3, -0.25) is 4.79 Å². The SMILES string of the molecule is CC(NS(=O)(=O)c1c(F)c(F)c(F)c(F)c1F)C(C)C(=O)Nc1ncccc1O. The Bertz CT molecular complexity index is 1040. The molecule has 1 aromatic heterocycles. The van der Waals surface area contributed by atoms with Gasteiger partial charge in [0.25, 0.3) is 0 Å². The van der Waals surface area contributed by atoms with Crippen molar-refractivity contribution >= 4 is 21.7 Å². The molecule has 0 saturated heterocycles. The van der Waals surface area contributed by atoms with Gasteiger partial charge in [0.15, 0.2) is 39.7 Å². The zero-order valence-corrected chi connectivity index (χ0v) is 15.6. The van der Waals surface area contributed by atoms with Crippen LogP contribution in [-0.2, 0) is 14.8 Å². The third kappa shape index (κ3) is 4.45. The summed E-state index contributed by atoms with van der Waals surface area (Å²) in [5, 5.41) is 11.8. The zero-order chi connectivity index (χ0) is 22.1. The van der Waals surface area contributed by atoms with Gasteiger partial charge in [0.05, 0.1) is 5.92 Å². The number of rotatable bonds is 6. The number of nitrogens with one attached hydrogen (secondary N) is 2. The van der Waals surface area contributed by atoms with Crippen LogP contribution in [-0.4, -0.2) is 30.5 Å². The van der Waals surface area contributed by atoms with Crippen LogP contribution in [0.5, 0.6) is 5.75 Å². The molecule has 0 spiro atoms. The molecule has 0 fully saturated rings. The molecule has 1 amide bonds. The highest BCUT2D eigenvalue weighted by Crippen LogP contribution is 2.27. The Hall–Kier alpha value is -2.80. The molecule has 158 valence electrons. The fourth-order valence-electron chi connectivity index (χ4n) is 2.18. The van der Waals surface area contributed by atoms with Gasteiger partial charge in [-0.25, -0.2) is 40.1 Å². The van der Waals surface area contributed by atoms with E-state index in [4.69, 9.17) is 0 Å². The molecule has 3 N–H and O–H groups in total. The molecule has 0 bridgehead atoms. The minimum absolute atomic E-state index is 0.223. The first-order chi connectivity index (χ1) is 13.4. The van der Waals surface area contributed by atoms with Crippen molar-refractivity contribution in [3.63, 3.8) is 0 Å². The van der Waals surface area contributed by atoms with Gasteiger partial charge in [0.2, 0.25) is 21.7 Å². The summed E-state index contributed by atoms with van der Waals surface area (Å²) in [6.07, 6.45) is 1.26. The second kappa shape index (κ2) is 8.29. The molecule has 0 aliphatic carbocycles. The van der Waals surface area contributed by atoms with E-state index in [0.717, 1.165) is 6.92 Å². The van der Waals surface area contributed by atoms with Crippen LogP contribution >= 0.6 is 0 Å². The van der Waals surface area contributed by atoms with Crippen molar-refractivity contribution in [3.8, 4) is 5.75 Å².